The van der Waals surface area contributed by atoms with E-state index in [1.165, 1.54) is 11.1 Å². The molecule has 0 unspecified atom stereocenters. The molecule has 0 saturated carbocycles. The Labute approximate surface area is 172 Å². The quantitative estimate of drug-likeness (QED) is 0.365. The summed E-state index contributed by atoms with van der Waals surface area (Å²) < 4.78 is 5.87. The number of rotatable bonds is 8. The zero-order valence-electron chi connectivity index (χ0n) is 17.3. The summed E-state index contributed by atoms with van der Waals surface area (Å²) in [6, 6.07) is 14.2. The number of aliphatic imine (C=N–C) groups is 1. The Morgan fingerprint density at radius 1 is 1.10 bits per heavy atom. The van der Waals surface area contributed by atoms with Crippen LogP contribution in [0.3, 0.4) is 0 Å². The molecular weight excluding hydrogens is 364 g/mol. The standard InChI is InChI=1S/C23H30N4O2/c1-3-17-7-5-6-8-19(17)16-26-23(24-4-2)25-13-14-29-20-10-11-21-18(15-20)9-12-22(28)27-21/h5-8,10-11,15H,3-4,9,12-14,16H2,1-2H3,(H,27,28)(H2,24,25,26). The summed E-state index contributed by atoms with van der Waals surface area (Å²) in [4.78, 5) is 16.2. The highest BCUT2D eigenvalue weighted by atomic mass is 16.5. The third kappa shape index (κ3) is 5.98. The van der Waals surface area contributed by atoms with Gasteiger partial charge in [-0.15, -0.1) is 0 Å². The molecule has 0 bridgehead atoms. The number of nitrogens with zero attached hydrogens (tertiary/aromatic N) is 1. The summed E-state index contributed by atoms with van der Waals surface area (Å²) in [6.07, 6.45) is 2.29. The molecule has 3 N–H and O–H groups in total. The molecule has 1 heterocycles. The van der Waals surface area contributed by atoms with Gasteiger partial charge in [0.25, 0.3) is 0 Å². The van der Waals surface area contributed by atoms with Gasteiger partial charge in [0.2, 0.25) is 5.91 Å². The molecule has 2 aromatic carbocycles. The molecule has 3 rings (SSSR count). The third-order valence-corrected chi connectivity index (χ3v) is 4.89. The van der Waals surface area contributed by atoms with Crippen LogP contribution in [0.4, 0.5) is 5.69 Å². The monoisotopic (exact) mass is 394 g/mol. The lowest BCUT2D eigenvalue weighted by atomic mass is 10.0. The maximum absolute atomic E-state index is 11.5. The number of carbonyl (C=O) groups excluding carboxylic acids is 1. The molecule has 29 heavy (non-hydrogen) atoms. The molecule has 0 saturated heterocycles. The first kappa shape index (κ1) is 20.7. The fourth-order valence-electron chi connectivity index (χ4n) is 3.35. The average molecular weight is 395 g/mol. The van der Waals surface area contributed by atoms with Crippen LogP contribution in [-0.4, -0.2) is 31.6 Å². The predicted molar refractivity (Wildman–Crippen MR) is 118 cm³/mol. The Morgan fingerprint density at radius 2 is 1.93 bits per heavy atom. The molecule has 0 spiro atoms. The number of hydrogen-bond acceptors (Lipinski definition) is 3. The molecule has 1 amide bonds. The van der Waals surface area contributed by atoms with Crippen LogP contribution in [-0.2, 0) is 24.2 Å². The van der Waals surface area contributed by atoms with Gasteiger partial charge in [0, 0.05) is 18.7 Å². The van der Waals surface area contributed by atoms with E-state index in [0.717, 1.165) is 42.3 Å². The van der Waals surface area contributed by atoms with Gasteiger partial charge in [0.15, 0.2) is 5.96 Å². The van der Waals surface area contributed by atoms with E-state index in [-0.39, 0.29) is 5.91 Å². The van der Waals surface area contributed by atoms with Crippen molar-refractivity contribution in [3.05, 3.63) is 59.2 Å². The minimum absolute atomic E-state index is 0.0761. The summed E-state index contributed by atoms with van der Waals surface area (Å²) in [5.41, 5.74) is 4.60. The highest BCUT2D eigenvalue weighted by Crippen LogP contribution is 2.26. The van der Waals surface area contributed by atoms with E-state index in [2.05, 4.69) is 54.1 Å². The van der Waals surface area contributed by atoms with Crippen molar-refractivity contribution in [2.24, 2.45) is 4.99 Å². The van der Waals surface area contributed by atoms with Gasteiger partial charge in [-0.25, -0.2) is 4.99 Å². The zero-order chi connectivity index (χ0) is 20.5. The van der Waals surface area contributed by atoms with Gasteiger partial charge in [0.05, 0.1) is 13.1 Å². The fourth-order valence-corrected chi connectivity index (χ4v) is 3.35. The van der Waals surface area contributed by atoms with Crippen molar-refractivity contribution in [1.29, 1.82) is 0 Å². The van der Waals surface area contributed by atoms with Gasteiger partial charge in [-0.2, -0.15) is 0 Å². The van der Waals surface area contributed by atoms with Crippen LogP contribution in [0.15, 0.2) is 47.5 Å². The Bertz CT molecular complexity index is 864. The van der Waals surface area contributed by atoms with Crippen LogP contribution < -0.4 is 20.7 Å². The van der Waals surface area contributed by atoms with Gasteiger partial charge in [0.1, 0.15) is 12.4 Å². The first-order valence-corrected chi connectivity index (χ1v) is 10.3. The van der Waals surface area contributed by atoms with Crippen molar-refractivity contribution in [3.8, 4) is 5.75 Å². The van der Waals surface area contributed by atoms with Crippen molar-refractivity contribution in [2.45, 2.75) is 39.7 Å². The number of hydrogen-bond donors (Lipinski definition) is 3. The van der Waals surface area contributed by atoms with Gasteiger partial charge in [-0.05, 0) is 54.7 Å². The van der Waals surface area contributed by atoms with Gasteiger partial charge >= 0.3 is 0 Å². The first-order chi connectivity index (χ1) is 14.2. The molecule has 6 nitrogen and oxygen atoms in total. The highest BCUT2D eigenvalue weighted by Gasteiger charge is 2.14. The number of carbonyl (C=O) groups is 1. The molecule has 0 aliphatic carbocycles. The summed E-state index contributed by atoms with van der Waals surface area (Å²) in [5, 5.41) is 9.49. The number of ether oxygens (including phenoxy) is 1. The van der Waals surface area contributed by atoms with Crippen LogP contribution in [0.2, 0.25) is 0 Å². The van der Waals surface area contributed by atoms with E-state index in [1.54, 1.807) is 0 Å². The van der Waals surface area contributed by atoms with Crippen LogP contribution in [0, 0.1) is 0 Å². The fraction of sp³-hybridized carbons (Fsp3) is 0.391. The van der Waals surface area contributed by atoms with E-state index in [4.69, 9.17) is 9.73 Å². The van der Waals surface area contributed by atoms with Crippen molar-refractivity contribution in [2.75, 3.05) is 25.0 Å². The summed E-state index contributed by atoms with van der Waals surface area (Å²) in [5.74, 6) is 1.68. The van der Waals surface area contributed by atoms with E-state index in [0.29, 0.717) is 26.1 Å². The maximum atomic E-state index is 11.5. The smallest absolute Gasteiger partial charge is 0.224 e. The van der Waals surface area contributed by atoms with E-state index in [9.17, 15) is 4.79 Å². The molecule has 1 aliphatic heterocycles. The molecule has 154 valence electrons. The second kappa shape index (κ2) is 10.5. The largest absolute Gasteiger partial charge is 0.492 e. The Morgan fingerprint density at radius 3 is 2.72 bits per heavy atom. The van der Waals surface area contributed by atoms with Crippen molar-refractivity contribution in [1.82, 2.24) is 10.6 Å². The second-order valence-corrected chi connectivity index (χ2v) is 6.96. The number of fused-ring (bicyclic) bond motifs is 1. The number of nitrogens with one attached hydrogen (secondary N) is 3. The topological polar surface area (TPSA) is 74.8 Å². The van der Waals surface area contributed by atoms with Crippen molar-refractivity contribution < 1.29 is 9.53 Å². The highest BCUT2D eigenvalue weighted by molar-refractivity contribution is 5.94. The maximum Gasteiger partial charge on any atom is 0.224 e. The van der Waals surface area contributed by atoms with Gasteiger partial charge in [-0.3, -0.25) is 4.79 Å². The molecule has 0 radical (unpaired) electrons. The Hall–Kier alpha value is -3.02. The molecule has 0 aromatic heterocycles. The van der Waals surface area contributed by atoms with E-state index in [1.807, 2.05) is 18.2 Å². The van der Waals surface area contributed by atoms with E-state index >= 15 is 0 Å². The lowest BCUT2D eigenvalue weighted by molar-refractivity contribution is -0.116. The summed E-state index contributed by atoms with van der Waals surface area (Å²) in [6.45, 7) is 6.85. The lowest BCUT2D eigenvalue weighted by Gasteiger charge is -2.18. The number of benzene rings is 2. The van der Waals surface area contributed by atoms with Crippen LogP contribution in [0.25, 0.3) is 0 Å². The SMILES string of the molecule is CCNC(=NCc1ccccc1CC)NCCOc1ccc2c(c1)CCC(=O)N2. The van der Waals surface area contributed by atoms with Crippen LogP contribution in [0.5, 0.6) is 5.75 Å². The number of amides is 1. The van der Waals surface area contributed by atoms with Gasteiger partial charge < -0.3 is 20.7 Å². The molecule has 0 fully saturated rings. The molecule has 0 atom stereocenters. The van der Waals surface area contributed by atoms with Crippen LogP contribution >= 0.6 is 0 Å². The minimum Gasteiger partial charge on any atom is -0.492 e. The molecular formula is C23H30N4O2. The van der Waals surface area contributed by atoms with E-state index < -0.39 is 0 Å². The van der Waals surface area contributed by atoms with Gasteiger partial charge in [-0.1, -0.05) is 31.2 Å². The second-order valence-electron chi connectivity index (χ2n) is 6.96. The third-order valence-electron chi connectivity index (χ3n) is 4.89. The normalized spacial score (nSPS) is 13.4. The average Bonchev–Trinajstić information content (AvgIpc) is 2.75. The zero-order valence-corrected chi connectivity index (χ0v) is 17.3. The lowest BCUT2D eigenvalue weighted by Crippen LogP contribution is -2.39. The Kier molecular flexibility index (Phi) is 7.50. The number of guanidine groups is 1. The number of anilines is 1. The molecule has 2 aromatic rings. The number of aryl methyl sites for hydroxylation is 2. The summed E-state index contributed by atoms with van der Waals surface area (Å²) in [7, 11) is 0. The Balaban J connectivity index is 1.50. The molecule has 1 aliphatic rings. The van der Waals surface area contributed by atoms with Crippen molar-refractivity contribution >= 4 is 17.6 Å². The first-order valence-electron chi connectivity index (χ1n) is 10.3. The predicted octanol–water partition coefficient (Wildman–Crippen LogP) is 3.27. The molecule has 6 heteroatoms. The summed E-state index contributed by atoms with van der Waals surface area (Å²) >= 11 is 0. The minimum atomic E-state index is 0.0761. The van der Waals surface area contributed by atoms with Crippen molar-refractivity contribution in [3.63, 3.8) is 0 Å². The van der Waals surface area contributed by atoms with Crippen LogP contribution in [0.1, 0.15) is 37.0 Å².